The van der Waals surface area contributed by atoms with Crippen LogP contribution in [0.1, 0.15) is 17.5 Å². The minimum absolute atomic E-state index is 0.124. The molecule has 2 aromatic rings. The van der Waals surface area contributed by atoms with Gasteiger partial charge < -0.3 is 15.1 Å². The molecule has 5 heteroatoms. The van der Waals surface area contributed by atoms with Gasteiger partial charge in [0.05, 0.1) is 0 Å². The van der Waals surface area contributed by atoms with Crippen LogP contribution in [-0.2, 0) is 17.1 Å². The minimum atomic E-state index is 0.124. The molecule has 1 aliphatic heterocycles. The summed E-state index contributed by atoms with van der Waals surface area (Å²) in [6, 6.07) is 19.0. The van der Waals surface area contributed by atoms with Crippen LogP contribution in [0.15, 0.2) is 54.6 Å². The van der Waals surface area contributed by atoms with Crippen LogP contribution in [0, 0.1) is 0 Å². The van der Waals surface area contributed by atoms with Crippen LogP contribution >= 0.6 is 11.8 Å². The summed E-state index contributed by atoms with van der Waals surface area (Å²) in [7, 11) is 2.17. The van der Waals surface area contributed by atoms with Crippen molar-refractivity contribution >= 4 is 23.4 Å². The number of hydrogen-bond donors (Lipinski definition) is 1. The molecule has 0 radical (unpaired) electrons. The lowest BCUT2D eigenvalue weighted by atomic mass is 10.1. The molecule has 0 bridgehead atoms. The van der Waals surface area contributed by atoms with E-state index in [0.717, 1.165) is 43.2 Å². The molecule has 0 aliphatic carbocycles. The van der Waals surface area contributed by atoms with E-state index in [-0.39, 0.29) is 5.91 Å². The van der Waals surface area contributed by atoms with Gasteiger partial charge >= 0.3 is 0 Å². The van der Waals surface area contributed by atoms with Crippen LogP contribution in [0.2, 0.25) is 0 Å². The average Bonchev–Trinajstić information content (AvgIpc) is 2.71. The maximum Gasteiger partial charge on any atom is 0.221 e. The summed E-state index contributed by atoms with van der Waals surface area (Å²) < 4.78 is 0. The molecule has 2 aromatic carbocycles. The van der Waals surface area contributed by atoms with Crippen molar-refractivity contribution < 1.29 is 4.79 Å². The third-order valence-corrected chi connectivity index (χ3v) is 5.91. The van der Waals surface area contributed by atoms with E-state index in [0.29, 0.717) is 13.0 Å². The van der Waals surface area contributed by atoms with Gasteiger partial charge in [0.25, 0.3) is 0 Å². The van der Waals surface area contributed by atoms with Crippen LogP contribution in [0.25, 0.3) is 0 Å². The van der Waals surface area contributed by atoms with Gasteiger partial charge in [0.2, 0.25) is 5.91 Å². The van der Waals surface area contributed by atoms with Gasteiger partial charge in [0.15, 0.2) is 0 Å². The van der Waals surface area contributed by atoms with Gasteiger partial charge in [0, 0.05) is 56.3 Å². The first-order chi connectivity index (χ1) is 13.2. The first kappa shape index (κ1) is 19.8. The summed E-state index contributed by atoms with van der Waals surface area (Å²) >= 11 is 1.80. The first-order valence-electron chi connectivity index (χ1n) is 9.61. The SMILES string of the molecule is CN1CCN(c2ccc(CNC(=O)CCSCc3ccccc3)cc2)CC1. The Kier molecular flexibility index (Phi) is 7.60. The molecule has 1 saturated heterocycles. The molecule has 3 rings (SSSR count). The minimum Gasteiger partial charge on any atom is -0.369 e. The Morgan fingerprint density at radius 3 is 2.37 bits per heavy atom. The Balaban J connectivity index is 1.34. The predicted molar refractivity (Wildman–Crippen MR) is 115 cm³/mol. The van der Waals surface area contributed by atoms with Crippen molar-refractivity contribution in [2.75, 3.05) is 43.9 Å². The number of likely N-dealkylation sites (N-methyl/N-ethyl adjacent to an activating group) is 1. The van der Waals surface area contributed by atoms with Crippen LogP contribution in [0.4, 0.5) is 5.69 Å². The van der Waals surface area contributed by atoms with E-state index in [9.17, 15) is 4.79 Å². The molecule has 1 fully saturated rings. The topological polar surface area (TPSA) is 35.6 Å². The molecule has 1 amide bonds. The van der Waals surface area contributed by atoms with E-state index in [1.807, 2.05) is 6.07 Å². The highest BCUT2D eigenvalue weighted by molar-refractivity contribution is 7.98. The van der Waals surface area contributed by atoms with Gasteiger partial charge in [0.1, 0.15) is 0 Å². The van der Waals surface area contributed by atoms with E-state index < -0.39 is 0 Å². The number of rotatable bonds is 8. The molecule has 1 heterocycles. The number of carbonyl (C=O) groups excluding carboxylic acids is 1. The van der Waals surface area contributed by atoms with Crippen molar-refractivity contribution in [3.05, 3.63) is 65.7 Å². The van der Waals surface area contributed by atoms with E-state index in [2.05, 4.69) is 70.7 Å². The van der Waals surface area contributed by atoms with Gasteiger partial charge in [-0.15, -0.1) is 0 Å². The fourth-order valence-corrected chi connectivity index (χ4v) is 4.01. The average molecular weight is 384 g/mol. The van der Waals surface area contributed by atoms with Gasteiger partial charge in [-0.25, -0.2) is 0 Å². The Labute approximate surface area is 166 Å². The summed E-state index contributed by atoms with van der Waals surface area (Å²) in [6.07, 6.45) is 0.566. The van der Waals surface area contributed by atoms with Crippen molar-refractivity contribution in [3.63, 3.8) is 0 Å². The van der Waals surface area contributed by atoms with Crippen molar-refractivity contribution in [2.24, 2.45) is 0 Å². The fraction of sp³-hybridized carbons (Fsp3) is 0.409. The third-order valence-electron chi connectivity index (χ3n) is 4.88. The zero-order valence-electron chi connectivity index (χ0n) is 16.1. The van der Waals surface area contributed by atoms with Crippen molar-refractivity contribution in [1.82, 2.24) is 10.2 Å². The number of carbonyl (C=O) groups is 1. The molecule has 27 heavy (non-hydrogen) atoms. The normalized spacial score (nSPS) is 14.9. The number of piperazine rings is 1. The smallest absolute Gasteiger partial charge is 0.221 e. The van der Waals surface area contributed by atoms with Crippen molar-refractivity contribution in [3.8, 4) is 0 Å². The lowest BCUT2D eigenvalue weighted by Gasteiger charge is -2.34. The molecular weight excluding hydrogens is 354 g/mol. The Bertz CT molecular complexity index is 697. The van der Waals surface area contributed by atoms with Crippen molar-refractivity contribution in [2.45, 2.75) is 18.7 Å². The molecule has 0 aromatic heterocycles. The second-order valence-electron chi connectivity index (χ2n) is 7.02. The maximum atomic E-state index is 12.0. The van der Waals surface area contributed by atoms with Crippen LogP contribution in [-0.4, -0.2) is 49.8 Å². The largest absolute Gasteiger partial charge is 0.369 e. The Morgan fingerprint density at radius 1 is 0.963 bits per heavy atom. The second-order valence-corrected chi connectivity index (χ2v) is 8.13. The third kappa shape index (κ3) is 6.60. The number of thioether (sulfide) groups is 1. The molecule has 4 nitrogen and oxygen atoms in total. The zero-order chi connectivity index (χ0) is 18.9. The lowest BCUT2D eigenvalue weighted by molar-refractivity contribution is -0.120. The first-order valence-corrected chi connectivity index (χ1v) is 10.8. The molecule has 1 N–H and O–H groups in total. The molecule has 0 spiro atoms. The number of benzene rings is 2. The van der Waals surface area contributed by atoms with Gasteiger partial charge in [-0.3, -0.25) is 4.79 Å². The van der Waals surface area contributed by atoms with Gasteiger partial charge in [-0.1, -0.05) is 42.5 Å². The van der Waals surface area contributed by atoms with E-state index in [4.69, 9.17) is 0 Å². The predicted octanol–water partition coefficient (Wildman–Crippen LogP) is 3.38. The Morgan fingerprint density at radius 2 is 1.67 bits per heavy atom. The monoisotopic (exact) mass is 383 g/mol. The highest BCUT2D eigenvalue weighted by Crippen LogP contribution is 2.17. The fourth-order valence-electron chi connectivity index (χ4n) is 3.11. The number of anilines is 1. The second kappa shape index (κ2) is 10.4. The molecule has 0 saturated carbocycles. The summed E-state index contributed by atoms with van der Waals surface area (Å²) in [6.45, 7) is 4.98. The van der Waals surface area contributed by atoms with Crippen LogP contribution in [0.3, 0.4) is 0 Å². The van der Waals surface area contributed by atoms with E-state index in [1.165, 1.54) is 11.3 Å². The standard InChI is InChI=1S/C22H29N3OS/c1-24-12-14-25(15-13-24)21-9-7-19(8-10-21)17-23-22(26)11-16-27-18-20-5-3-2-4-6-20/h2-10H,11-18H2,1H3,(H,23,26). The molecular formula is C22H29N3OS. The Hall–Kier alpha value is -1.98. The highest BCUT2D eigenvalue weighted by Gasteiger charge is 2.13. The van der Waals surface area contributed by atoms with Gasteiger partial charge in [-0.05, 0) is 30.3 Å². The van der Waals surface area contributed by atoms with E-state index in [1.54, 1.807) is 11.8 Å². The van der Waals surface area contributed by atoms with Crippen LogP contribution in [0.5, 0.6) is 0 Å². The number of nitrogens with zero attached hydrogens (tertiary/aromatic N) is 2. The summed E-state index contributed by atoms with van der Waals surface area (Å²) in [4.78, 5) is 16.8. The summed E-state index contributed by atoms with van der Waals surface area (Å²) in [5.74, 6) is 1.93. The number of hydrogen-bond acceptors (Lipinski definition) is 4. The lowest BCUT2D eigenvalue weighted by Crippen LogP contribution is -2.44. The molecule has 144 valence electrons. The van der Waals surface area contributed by atoms with Crippen LogP contribution < -0.4 is 10.2 Å². The number of nitrogens with one attached hydrogen (secondary N) is 1. The number of amides is 1. The summed E-state index contributed by atoms with van der Waals surface area (Å²) in [5.41, 5.74) is 3.73. The summed E-state index contributed by atoms with van der Waals surface area (Å²) in [5, 5.41) is 3.03. The molecule has 0 unspecified atom stereocenters. The quantitative estimate of drug-likeness (QED) is 0.709. The maximum absolute atomic E-state index is 12.0. The van der Waals surface area contributed by atoms with Crippen molar-refractivity contribution in [1.29, 1.82) is 0 Å². The van der Waals surface area contributed by atoms with Gasteiger partial charge in [-0.2, -0.15) is 11.8 Å². The molecule has 0 atom stereocenters. The molecule has 1 aliphatic rings. The zero-order valence-corrected chi connectivity index (χ0v) is 16.9. The van der Waals surface area contributed by atoms with E-state index >= 15 is 0 Å². The highest BCUT2D eigenvalue weighted by atomic mass is 32.2.